The third kappa shape index (κ3) is 13.6. The van der Waals surface area contributed by atoms with Crippen molar-refractivity contribution in [2.24, 2.45) is 0 Å². The quantitative estimate of drug-likeness (QED) is 0.225. The smallest absolute Gasteiger partial charge is 0.333 e. The first kappa shape index (κ1) is 19.8. The van der Waals surface area contributed by atoms with E-state index in [1.165, 1.54) is 19.3 Å². The number of rotatable bonds is 13. The highest BCUT2D eigenvalue weighted by molar-refractivity contribution is 5.86. The molecule has 0 aliphatic rings. The van der Waals surface area contributed by atoms with Gasteiger partial charge in [0.1, 0.15) is 6.61 Å². The van der Waals surface area contributed by atoms with E-state index < -0.39 is 0 Å². The molecular weight excluding hydrogens is 268 g/mol. The molecule has 0 saturated carbocycles. The molecule has 4 heteroatoms. The molecule has 122 valence electrons. The van der Waals surface area contributed by atoms with Crippen molar-refractivity contribution in [1.29, 1.82) is 0 Å². The van der Waals surface area contributed by atoms with E-state index in [4.69, 9.17) is 14.3 Å². The molecule has 0 radical (unpaired) electrons. The maximum absolute atomic E-state index is 11.2. The van der Waals surface area contributed by atoms with Crippen molar-refractivity contribution in [2.75, 3.05) is 13.2 Å². The molecule has 4 nitrogen and oxygen atoms in total. The van der Waals surface area contributed by atoms with Crippen LogP contribution in [0.3, 0.4) is 0 Å². The minimum Gasteiger partial charge on any atom is -0.460 e. The summed E-state index contributed by atoms with van der Waals surface area (Å²) >= 11 is 0. The van der Waals surface area contributed by atoms with E-state index >= 15 is 0 Å². The monoisotopic (exact) mass is 299 g/mol. The average molecular weight is 299 g/mol. The van der Waals surface area contributed by atoms with Gasteiger partial charge in [-0.25, -0.2) is 4.79 Å². The lowest BCUT2D eigenvalue weighted by atomic mass is 10.1. The normalized spacial score (nSPS) is 12.0. The number of hydrogen-bond acceptors (Lipinski definition) is 3. The van der Waals surface area contributed by atoms with Crippen LogP contribution < -0.4 is 0 Å². The molecule has 0 rings (SSSR count). The van der Waals surface area contributed by atoms with Crippen LogP contribution in [0.2, 0.25) is 0 Å². The number of unbranched alkanes of at least 4 members (excludes halogenated alkanes) is 5. The lowest BCUT2D eigenvalue weighted by Gasteiger charge is -2.13. The van der Waals surface area contributed by atoms with E-state index in [2.05, 4.69) is 6.58 Å². The van der Waals surface area contributed by atoms with Crippen LogP contribution in [-0.2, 0) is 14.3 Å². The molecule has 0 aromatic carbocycles. The standard InChI is InChI=1S/C17H30O4/c1-14(2)17(19)21-13-16(4)20-12-10-8-6-5-7-9-11-15(3)18/h16H,1,5-13H2,2-4H3/p+1. The summed E-state index contributed by atoms with van der Waals surface area (Å²) < 4.78 is 10.6. The molecule has 0 aromatic rings. The molecule has 21 heavy (non-hydrogen) atoms. The first-order chi connectivity index (χ1) is 9.93. The van der Waals surface area contributed by atoms with E-state index in [1.54, 1.807) is 13.8 Å². The summed E-state index contributed by atoms with van der Waals surface area (Å²) in [6, 6.07) is 0. The third-order valence-electron chi connectivity index (χ3n) is 3.13. The molecule has 0 aliphatic carbocycles. The summed E-state index contributed by atoms with van der Waals surface area (Å²) in [6.07, 6.45) is 7.59. The van der Waals surface area contributed by atoms with E-state index in [9.17, 15) is 4.79 Å². The number of carbonyl (C=O) groups excluding carboxylic acids is 2. The molecule has 0 aromatic heterocycles. The minimum absolute atomic E-state index is 0.0728. The van der Waals surface area contributed by atoms with Crippen LogP contribution in [0.15, 0.2) is 12.2 Å². The van der Waals surface area contributed by atoms with Crippen molar-refractivity contribution in [3.8, 4) is 0 Å². The van der Waals surface area contributed by atoms with E-state index in [0.717, 1.165) is 25.7 Å². The van der Waals surface area contributed by atoms with Gasteiger partial charge in [-0.3, -0.25) is 4.79 Å². The Morgan fingerprint density at radius 3 is 2.24 bits per heavy atom. The number of carbonyl (C=O) groups is 1. The van der Waals surface area contributed by atoms with Gasteiger partial charge in [0.25, 0.3) is 5.78 Å². The highest BCUT2D eigenvalue weighted by atomic mass is 16.6. The fraction of sp³-hybridized carbons (Fsp3) is 0.765. The second-order valence-electron chi connectivity index (χ2n) is 5.67. The lowest BCUT2D eigenvalue weighted by Crippen LogP contribution is -2.19. The topological polar surface area (TPSA) is 56.9 Å². The molecule has 0 saturated heterocycles. The zero-order valence-corrected chi connectivity index (χ0v) is 13.8. The van der Waals surface area contributed by atoms with Gasteiger partial charge in [0, 0.05) is 19.1 Å². The predicted molar refractivity (Wildman–Crippen MR) is 86.1 cm³/mol. The number of esters is 1. The summed E-state index contributed by atoms with van der Waals surface area (Å²) in [5.41, 5.74) is 0.413. The maximum atomic E-state index is 11.2. The summed E-state index contributed by atoms with van der Waals surface area (Å²) in [4.78, 5) is 20.2. The first-order valence-corrected chi connectivity index (χ1v) is 7.89. The highest BCUT2D eigenvalue weighted by Gasteiger charge is 2.07. The van der Waals surface area contributed by atoms with Crippen LogP contribution in [0, 0.1) is 0 Å². The van der Waals surface area contributed by atoms with Gasteiger partial charge in [-0.2, -0.15) is 0 Å². The van der Waals surface area contributed by atoms with Gasteiger partial charge in [0.05, 0.1) is 12.5 Å². The number of ketones is 1. The molecule has 1 N–H and O–H groups in total. The van der Waals surface area contributed by atoms with Crippen LogP contribution in [0.25, 0.3) is 0 Å². The van der Waals surface area contributed by atoms with Gasteiger partial charge in [0.15, 0.2) is 0 Å². The van der Waals surface area contributed by atoms with Gasteiger partial charge >= 0.3 is 5.97 Å². The van der Waals surface area contributed by atoms with Crippen LogP contribution in [-0.4, -0.2) is 35.9 Å². The van der Waals surface area contributed by atoms with Gasteiger partial charge in [0.2, 0.25) is 0 Å². The maximum Gasteiger partial charge on any atom is 0.333 e. The molecule has 0 aliphatic heterocycles. The average Bonchev–Trinajstić information content (AvgIpc) is 2.42. The molecule has 0 heterocycles. The Balaban J connectivity index is 3.32. The summed E-state index contributed by atoms with van der Waals surface area (Å²) in [5.74, 6) is 0.172. The van der Waals surface area contributed by atoms with Crippen molar-refractivity contribution in [3.63, 3.8) is 0 Å². The number of hydrogen-bond donors (Lipinski definition) is 0. The second kappa shape index (κ2) is 12.6. The van der Waals surface area contributed by atoms with Crippen molar-refractivity contribution in [1.82, 2.24) is 0 Å². The van der Waals surface area contributed by atoms with Crippen LogP contribution in [0.4, 0.5) is 0 Å². The Morgan fingerprint density at radius 1 is 1.10 bits per heavy atom. The van der Waals surface area contributed by atoms with E-state index in [0.29, 0.717) is 18.0 Å². The zero-order valence-electron chi connectivity index (χ0n) is 13.8. The molecular formula is C17H31O4+. The van der Waals surface area contributed by atoms with Gasteiger partial charge in [-0.1, -0.05) is 32.3 Å². The van der Waals surface area contributed by atoms with Gasteiger partial charge < -0.3 is 9.47 Å². The van der Waals surface area contributed by atoms with E-state index in [-0.39, 0.29) is 18.7 Å². The Hall–Kier alpha value is -1.16. The Labute approximate surface area is 128 Å². The molecule has 0 spiro atoms. The summed E-state index contributed by atoms with van der Waals surface area (Å²) in [6.45, 7) is 9.80. The minimum atomic E-state index is -0.360. The van der Waals surface area contributed by atoms with Crippen molar-refractivity contribution in [2.45, 2.75) is 71.8 Å². The molecule has 0 amide bonds. The fourth-order valence-electron chi connectivity index (χ4n) is 1.84. The highest BCUT2D eigenvalue weighted by Crippen LogP contribution is 2.08. The summed E-state index contributed by atoms with van der Waals surface area (Å²) in [5, 5.41) is 0. The zero-order chi connectivity index (χ0) is 16.1. The molecule has 0 bridgehead atoms. The van der Waals surface area contributed by atoms with E-state index in [1.807, 2.05) is 6.92 Å². The predicted octanol–water partition coefficient (Wildman–Crippen LogP) is 3.81. The van der Waals surface area contributed by atoms with Crippen LogP contribution in [0.5, 0.6) is 0 Å². The second-order valence-corrected chi connectivity index (χ2v) is 5.67. The van der Waals surface area contributed by atoms with Crippen molar-refractivity contribution < 1.29 is 19.1 Å². The SMILES string of the molecule is C=C(C)C(=O)OCC(C)OCCCCCCCCC(C)=[OH+]. The van der Waals surface area contributed by atoms with Gasteiger partial charge in [-0.05, 0) is 26.7 Å². The molecule has 1 atom stereocenters. The first-order valence-electron chi connectivity index (χ1n) is 7.89. The van der Waals surface area contributed by atoms with Crippen LogP contribution >= 0.6 is 0 Å². The lowest BCUT2D eigenvalue weighted by molar-refractivity contribution is -0.142. The van der Waals surface area contributed by atoms with Crippen molar-refractivity contribution in [3.05, 3.63) is 12.2 Å². The third-order valence-corrected chi connectivity index (χ3v) is 3.13. The van der Waals surface area contributed by atoms with Gasteiger partial charge in [-0.15, -0.1) is 0 Å². The Kier molecular flexibility index (Phi) is 11.9. The van der Waals surface area contributed by atoms with Crippen LogP contribution in [0.1, 0.15) is 65.7 Å². The van der Waals surface area contributed by atoms with Crippen molar-refractivity contribution >= 4 is 11.8 Å². The molecule has 1 unspecified atom stereocenters. The Bertz CT molecular complexity index is 323. The number of ether oxygens (including phenoxy) is 2. The Morgan fingerprint density at radius 2 is 1.67 bits per heavy atom. The molecule has 0 fully saturated rings. The fourth-order valence-corrected chi connectivity index (χ4v) is 1.84. The largest absolute Gasteiger partial charge is 0.460 e. The summed E-state index contributed by atoms with van der Waals surface area (Å²) in [7, 11) is 0.